The Balaban J connectivity index is 3.25. The van der Waals surface area contributed by atoms with Gasteiger partial charge in [-0.05, 0) is 42.9 Å². The van der Waals surface area contributed by atoms with Crippen LogP contribution < -0.4 is 15.2 Å². The molecule has 0 bridgehead atoms. The lowest BCUT2D eigenvalue weighted by Gasteiger charge is -2.28. The quantitative estimate of drug-likeness (QED) is 0.116. The number of carboxylic acid groups (broad SMARTS) is 1. The first kappa shape index (κ1) is 32.7. The normalized spacial score (nSPS) is 13.1. The van der Waals surface area contributed by atoms with E-state index >= 15 is 0 Å². The van der Waals surface area contributed by atoms with Crippen LogP contribution in [0.1, 0.15) is 84.1 Å². The molecule has 0 aliphatic carbocycles. The molecular formula is C27H41NO10. The second kappa shape index (κ2) is 18.0. The van der Waals surface area contributed by atoms with Crippen LogP contribution >= 0.6 is 0 Å². The molecule has 0 radical (unpaired) electrons. The lowest BCUT2D eigenvalue weighted by molar-refractivity contribution is -0.145. The molecule has 0 saturated heterocycles. The van der Waals surface area contributed by atoms with Crippen LogP contribution in [0.3, 0.4) is 0 Å². The fraction of sp³-hybridized carbons (Fsp3) is 0.630. The van der Waals surface area contributed by atoms with Crippen LogP contribution in [-0.2, 0) is 23.8 Å². The summed E-state index contributed by atoms with van der Waals surface area (Å²) in [4.78, 5) is 48.2. The number of unbranched alkanes of at least 4 members (excludes halogenated alkanes) is 3. The molecule has 1 rings (SSSR count). The van der Waals surface area contributed by atoms with Crippen molar-refractivity contribution in [1.29, 1.82) is 0 Å². The number of esters is 1. The summed E-state index contributed by atoms with van der Waals surface area (Å²) in [5.74, 6) is -3.29. The minimum Gasteiger partial charge on any atom is -0.480 e. The van der Waals surface area contributed by atoms with Crippen LogP contribution in [0.15, 0.2) is 18.2 Å². The standard InChI is InChI=1S/C27H41NO10/c1-5-8-11-22(29)36-17-18(4)23(24(28)25(30)31)19-12-13-20(37-26(32)34-14-9-6-2)21(16-19)38-27(33)35-15-10-7-3/h12-13,16,18,23-24H,5-11,14-15,17,28H2,1-4H3,(H,30,31)/t18?,23?,24-/m0/s1. The molecule has 0 amide bonds. The summed E-state index contributed by atoms with van der Waals surface area (Å²) in [5.41, 5.74) is 6.40. The van der Waals surface area contributed by atoms with Gasteiger partial charge in [-0.15, -0.1) is 0 Å². The lowest BCUT2D eigenvalue weighted by atomic mass is 9.82. The Morgan fingerprint density at radius 2 is 1.39 bits per heavy atom. The average Bonchev–Trinajstić information content (AvgIpc) is 2.87. The Morgan fingerprint density at radius 1 is 0.842 bits per heavy atom. The number of carbonyl (C=O) groups excluding carboxylic acids is 3. The molecule has 3 atom stereocenters. The highest BCUT2D eigenvalue weighted by atomic mass is 16.7. The SMILES string of the molecule is CCCCOC(=O)Oc1ccc(C(C(C)COC(=O)CCCC)[C@H](N)C(=O)O)cc1OC(=O)OCCCC. The summed E-state index contributed by atoms with van der Waals surface area (Å²) >= 11 is 0. The molecule has 38 heavy (non-hydrogen) atoms. The smallest absolute Gasteiger partial charge is 0.480 e. The van der Waals surface area contributed by atoms with E-state index in [-0.39, 0.29) is 43.7 Å². The third kappa shape index (κ3) is 11.8. The predicted molar refractivity (Wildman–Crippen MR) is 138 cm³/mol. The van der Waals surface area contributed by atoms with E-state index in [1.54, 1.807) is 6.92 Å². The molecule has 0 saturated carbocycles. The van der Waals surface area contributed by atoms with Crippen molar-refractivity contribution in [1.82, 2.24) is 0 Å². The van der Waals surface area contributed by atoms with Crippen molar-refractivity contribution in [2.45, 2.75) is 84.6 Å². The van der Waals surface area contributed by atoms with E-state index in [1.807, 2.05) is 20.8 Å². The maximum atomic E-state index is 12.3. The summed E-state index contributed by atoms with van der Waals surface area (Å²) in [6, 6.07) is 2.85. The zero-order valence-corrected chi connectivity index (χ0v) is 22.7. The zero-order chi connectivity index (χ0) is 28.5. The summed E-state index contributed by atoms with van der Waals surface area (Å²) in [7, 11) is 0. The van der Waals surface area contributed by atoms with Gasteiger partial charge in [0, 0.05) is 12.3 Å². The van der Waals surface area contributed by atoms with Crippen LogP contribution in [-0.4, -0.2) is 55.2 Å². The van der Waals surface area contributed by atoms with Gasteiger partial charge < -0.3 is 34.5 Å². The van der Waals surface area contributed by atoms with Gasteiger partial charge in [0.15, 0.2) is 11.5 Å². The van der Waals surface area contributed by atoms with Gasteiger partial charge in [-0.25, -0.2) is 9.59 Å². The molecule has 214 valence electrons. The molecule has 0 spiro atoms. The third-order valence-corrected chi connectivity index (χ3v) is 5.70. The molecule has 0 heterocycles. The topological polar surface area (TPSA) is 161 Å². The fourth-order valence-corrected chi connectivity index (χ4v) is 3.50. The monoisotopic (exact) mass is 539 g/mol. The first-order chi connectivity index (χ1) is 18.1. The molecular weight excluding hydrogens is 498 g/mol. The largest absolute Gasteiger partial charge is 0.513 e. The second-order valence-electron chi connectivity index (χ2n) is 8.97. The predicted octanol–water partition coefficient (Wildman–Crippen LogP) is 5.18. The van der Waals surface area contributed by atoms with Gasteiger partial charge in [-0.3, -0.25) is 9.59 Å². The van der Waals surface area contributed by atoms with E-state index in [0.29, 0.717) is 24.8 Å². The highest BCUT2D eigenvalue weighted by Gasteiger charge is 2.33. The van der Waals surface area contributed by atoms with Gasteiger partial charge >= 0.3 is 24.2 Å². The average molecular weight is 540 g/mol. The van der Waals surface area contributed by atoms with Crippen LogP contribution in [0.5, 0.6) is 11.5 Å². The van der Waals surface area contributed by atoms with E-state index < -0.39 is 36.2 Å². The molecule has 2 unspecified atom stereocenters. The van der Waals surface area contributed by atoms with E-state index in [0.717, 1.165) is 19.3 Å². The number of nitrogens with two attached hydrogens (primary N) is 1. The highest BCUT2D eigenvalue weighted by molar-refractivity contribution is 5.75. The van der Waals surface area contributed by atoms with Crippen molar-refractivity contribution >= 4 is 24.2 Å². The number of rotatable bonds is 17. The van der Waals surface area contributed by atoms with Crippen molar-refractivity contribution in [2.24, 2.45) is 11.7 Å². The van der Waals surface area contributed by atoms with Gasteiger partial charge in [-0.2, -0.15) is 0 Å². The highest BCUT2D eigenvalue weighted by Crippen LogP contribution is 2.36. The van der Waals surface area contributed by atoms with Crippen LogP contribution in [0.4, 0.5) is 9.59 Å². The Morgan fingerprint density at radius 3 is 1.92 bits per heavy atom. The van der Waals surface area contributed by atoms with Crippen LogP contribution in [0.25, 0.3) is 0 Å². The number of ether oxygens (including phenoxy) is 5. The van der Waals surface area contributed by atoms with Crippen molar-refractivity contribution in [3.63, 3.8) is 0 Å². The Labute approximate surface area is 223 Å². The third-order valence-electron chi connectivity index (χ3n) is 5.70. The van der Waals surface area contributed by atoms with Crippen LogP contribution in [0.2, 0.25) is 0 Å². The number of benzene rings is 1. The number of hydrogen-bond donors (Lipinski definition) is 2. The first-order valence-electron chi connectivity index (χ1n) is 13.1. The van der Waals surface area contributed by atoms with Crippen molar-refractivity contribution in [2.75, 3.05) is 19.8 Å². The summed E-state index contributed by atoms with van der Waals surface area (Å²) in [6.07, 6.45) is 2.68. The Bertz CT molecular complexity index is 904. The van der Waals surface area contributed by atoms with Gasteiger partial charge in [0.1, 0.15) is 6.04 Å². The number of hydrogen-bond acceptors (Lipinski definition) is 10. The fourth-order valence-electron chi connectivity index (χ4n) is 3.50. The van der Waals surface area contributed by atoms with Crippen molar-refractivity contribution in [3.8, 4) is 11.5 Å². The maximum Gasteiger partial charge on any atom is 0.513 e. The molecule has 0 fully saturated rings. The molecule has 0 aliphatic rings. The molecule has 1 aromatic rings. The van der Waals surface area contributed by atoms with Crippen molar-refractivity contribution in [3.05, 3.63) is 23.8 Å². The molecule has 11 nitrogen and oxygen atoms in total. The van der Waals surface area contributed by atoms with Crippen LogP contribution in [0, 0.1) is 5.92 Å². The number of carboxylic acids is 1. The molecule has 0 aliphatic heterocycles. The first-order valence-corrected chi connectivity index (χ1v) is 13.1. The Hall–Kier alpha value is -3.34. The zero-order valence-electron chi connectivity index (χ0n) is 22.7. The minimum atomic E-state index is -1.37. The molecule has 11 heteroatoms. The maximum absolute atomic E-state index is 12.3. The van der Waals surface area contributed by atoms with Gasteiger partial charge in [-0.1, -0.05) is 53.0 Å². The number of carbonyl (C=O) groups is 4. The van der Waals surface area contributed by atoms with E-state index in [4.69, 9.17) is 29.4 Å². The second-order valence-corrected chi connectivity index (χ2v) is 8.97. The van der Waals surface area contributed by atoms with Gasteiger partial charge in [0.05, 0.1) is 19.8 Å². The van der Waals surface area contributed by atoms with E-state index in [9.17, 15) is 24.3 Å². The molecule has 0 aromatic heterocycles. The summed E-state index contributed by atoms with van der Waals surface area (Å²) < 4.78 is 25.9. The van der Waals surface area contributed by atoms with Crippen molar-refractivity contribution < 1.29 is 48.0 Å². The lowest BCUT2D eigenvalue weighted by Crippen LogP contribution is -2.40. The Kier molecular flexibility index (Phi) is 15.5. The molecule has 1 aromatic carbocycles. The number of aliphatic carboxylic acids is 1. The van der Waals surface area contributed by atoms with Gasteiger partial charge in [0.25, 0.3) is 0 Å². The summed E-state index contributed by atoms with van der Waals surface area (Å²) in [6.45, 7) is 7.76. The van der Waals surface area contributed by atoms with E-state index in [1.165, 1.54) is 18.2 Å². The minimum absolute atomic E-state index is 0.0640. The van der Waals surface area contributed by atoms with Gasteiger partial charge in [0.2, 0.25) is 0 Å². The summed E-state index contributed by atoms with van der Waals surface area (Å²) in [5, 5.41) is 9.64. The van der Waals surface area contributed by atoms with E-state index in [2.05, 4.69) is 0 Å². The molecule has 3 N–H and O–H groups in total.